The van der Waals surface area contributed by atoms with Crippen molar-refractivity contribution in [3.05, 3.63) is 48.4 Å². The van der Waals surface area contributed by atoms with E-state index in [1.807, 2.05) is 0 Å². The van der Waals surface area contributed by atoms with Gasteiger partial charge in [0, 0.05) is 12.4 Å². The summed E-state index contributed by atoms with van der Waals surface area (Å²) >= 11 is 0. The van der Waals surface area contributed by atoms with Crippen LogP contribution in [0.5, 0.6) is 5.88 Å². The number of pyridine rings is 2. The van der Waals surface area contributed by atoms with E-state index < -0.39 is 18.7 Å². The number of halogens is 3. The van der Waals surface area contributed by atoms with Crippen molar-refractivity contribution in [1.29, 1.82) is 0 Å². The Labute approximate surface area is 117 Å². The SMILES string of the molecule is O=C(Nc1cccnc1)c1cccnc1OCC(F)(F)F. The number of amides is 1. The molecule has 0 radical (unpaired) electrons. The molecule has 1 amide bonds. The summed E-state index contributed by atoms with van der Waals surface area (Å²) in [6.45, 7) is -1.52. The molecule has 0 spiro atoms. The van der Waals surface area contributed by atoms with Crippen molar-refractivity contribution in [2.45, 2.75) is 6.18 Å². The lowest BCUT2D eigenvalue weighted by atomic mass is 10.2. The monoisotopic (exact) mass is 297 g/mol. The van der Waals surface area contributed by atoms with Gasteiger partial charge in [-0.1, -0.05) is 0 Å². The first-order valence-corrected chi connectivity index (χ1v) is 5.81. The molecule has 0 aliphatic rings. The van der Waals surface area contributed by atoms with Crippen LogP contribution in [0.15, 0.2) is 42.9 Å². The smallest absolute Gasteiger partial charge is 0.422 e. The standard InChI is InChI=1S/C13H10F3N3O2/c14-13(15,16)8-21-12-10(4-2-6-18-12)11(20)19-9-3-1-5-17-7-9/h1-7H,8H2,(H,19,20). The molecule has 0 aromatic carbocycles. The first kappa shape index (κ1) is 14.8. The summed E-state index contributed by atoms with van der Waals surface area (Å²) in [4.78, 5) is 19.5. The van der Waals surface area contributed by atoms with E-state index in [1.54, 1.807) is 12.1 Å². The maximum Gasteiger partial charge on any atom is 0.422 e. The number of nitrogens with one attached hydrogen (secondary N) is 1. The second-order valence-corrected chi connectivity index (χ2v) is 3.96. The van der Waals surface area contributed by atoms with E-state index in [9.17, 15) is 18.0 Å². The van der Waals surface area contributed by atoms with Crippen LogP contribution in [0.1, 0.15) is 10.4 Å². The van der Waals surface area contributed by atoms with Crippen LogP contribution in [-0.2, 0) is 0 Å². The molecule has 8 heteroatoms. The number of carbonyl (C=O) groups is 1. The number of alkyl halides is 3. The highest BCUT2D eigenvalue weighted by Gasteiger charge is 2.29. The Bertz CT molecular complexity index is 618. The van der Waals surface area contributed by atoms with E-state index in [4.69, 9.17) is 0 Å². The molecule has 5 nitrogen and oxygen atoms in total. The Kier molecular flexibility index (Phi) is 4.36. The molecule has 21 heavy (non-hydrogen) atoms. The first-order valence-electron chi connectivity index (χ1n) is 5.81. The average Bonchev–Trinajstić information content (AvgIpc) is 2.46. The minimum atomic E-state index is -4.51. The lowest BCUT2D eigenvalue weighted by Crippen LogP contribution is -2.22. The maximum atomic E-state index is 12.2. The van der Waals surface area contributed by atoms with E-state index in [2.05, 4.69) is 20.0 Å². The molecule has 1 N–H and O–H groups in total. The lowest BCUT2D eigenvalue weighted by molar-refractivity contribution is -0.154. The lowest BCUT2D eigenvalue weighted by Gasteiger charge is -2.11. The van der Waals surface area contributed by atoms with Gasteiger partial charge in [0.05, 0.1) is 11.9 Å². The molecule has 0 saturated heterocycles. The number of aromatic nitrogens is 2. The summed E-state index contributed by atoms with van der Waals surface area (Å²) in [6, 6.07) is 5.96. The van der Waals surface area contributed by atoms with Crippen LogP contribution < -0.4 is 10.1 Å². The third kappa shape index (κ3) is 4.44. The molecule has 0 saturated carbocycles. The van der Waals surface area contributed by atoms with Crippen molar-refractivity contribution in [2.24, 2.45) is 0 Å². The van der Waals surface area contributed by atoms with Gasteiger partial charge in [-0.05, 0) is 24.3 Å². The van der Waals surface area contributed by atoms with E-state index in [0.717, 1.165) is 0 Å². The highest BCUT2D eigenvalue weighted by Crippen LogP contribution is 2.20. The molecule has 0 aliphatic heterocycles. The molecule has 0 unspecified atom stereocenters. The number of hydrogen-bond acceptors (Lipinski definition) is 4. The molecule has 2 aromatic rings. The number of hydrogen-bond donors (Lipinski definition) is 1. The van der Waals surface area contributed by atoms with Gasteiger partial charge in [-0.3, -0.25) is 9.78 Å². The number of nitrogens with zero attached hydrogens (tertiary/aromatic N) is 2. The van der Waals surface area contributed by atoms with Crippen molar-refractivity contribution in [1.82, 2.24) is 9.97 Å². The summed E-state index contributed by atoms with van der Waals surface area (Å²) in [6.07, 6.45) is -0.330. The van der Waals surface area contributed by atoms with Gasteiger partial charge in [0.15, 0.2) is 6.61 Å². The Morgan fingerprint density at radius 3 is 2.67 bits per heavy atom. The number of rotatable bonds is 4. The molecular formula is C13H10F3N3O2. The Hall–Kier alpha value is -2.64. The Morgan fingerprint density at radius 2 is 2.00 bits per heavy atom. The summed E-state index contributed by atoms with van der Waals surface area (Å²) in [5.74, 6) is -1.01. The largest absolute Gasteiger partial charge is 0.467 e. The van der Waals surface area contributed by atoms with Crippen LogP contribution in [0.25, 0.3) is 0 Å². The summed E-state index contributed by atoms with van der Waals surface area (Å²) in [5, 5.41) is 2.49. The minimum absolute atomic E-state index is 0.0920. The van der Waals surface area contributed by atoms with Crippen LogP contribution in [0.3, 0.4) is 0 Å². The van der Waals surface area contributed by atoms with Crippen molar-refractivity contribution < 1.29 is 22.7 Å². The molecule has 2 rings (SSSR count). The third-order valence-electron chi connectivity index (χ3n) is 2.31. The van der Waals surface area contributed by atoms with E-state index in [1.165, 1.54) is 30.7 Å². The van der Waals surface area contributed by atoms with Crippen molar-refractivity contribution in [3.8, 4) is 5.88 Å². The van der Waals surface area contributed by atoms with Gasteiger partial charge in [-0.15, -0.1) is 0 Å². The van der Waals surface area contributed by atoms with E-state index >= 15 is 0 Å². The zero-order valence-electron chi connectivity index (χ0n) is 10.6. The van der Waals surface area contributed by atoms with Crippen molar-refractivity contribution >= 4 is 11.6 Å². The van der Waals surface area contributed by atoms with Crippen LogP contribution >= 0.6 is 0 Å². The number of ether oxygens (including phenoxy) is 1. The summed E-state index contributed by atoms with van der Waals surface area (Å²) in [5.41, 5.74) is 0.318. The summed E-state index contributed by atoms with van der Waals surface area (Å²) < 4.78 is 41.0. The molecule has 0 aliphatic carbocycles. The number of carbonyl (C=O) groups excluding carboxylic acids is 1. The Balaban J connectivity index is 2.14. The fraction of sp³-hybridized carbons (Fsp3) is 0.154. The van der Waals surface area contributed by atoms with Gasteiger partial charge in [-0.2, -0.15) is 13.2 Å². The van der Waals surface area contributed by atoms with Crippen LogP contribution in [0.4, 0.5) is 18.9 Å². The van der Waals surface area contributed by atoms with Gasteiger partial charge < -0.3 is 10.1 Å². The third-order valence-corrected chi connectivity index (χ3v) is 2.31. The Morgan fingerprint density at radius 1 is 1.24 bits per heavy atom. The van der Waals surface area contributed by atoms with Crippen LogP contribution in [0.2, 0.25) is 0 Å². The zero-order chi connectivity index (χ0) is 15.3. The van der Waals surface area contributed by atoms with Gasteiger partial charge in [0.2, 0.25) is 5.88 Å². The molecule has 110 valence electrons. The van der Waals surface area contributed by atoms with E-state index in [-0.39, 0.29) is 11.4 Å². The normalized spacial score (nSPS) is 11.0. The fourth-order valence-corrected chi connectivity index (χ4v) is 1.46. The van der Waals surface area contributed by atoms with Crippen LogP contribution in [0, 0.1) is 0 Å². The average molecular weight is 297 g/mol. The zero-order valence-corrected chi connectivity index (χ0v) is 10.6. The highest BCUT2D eigenvalue weighted by molar-refractivity contribution is 6.05. The number of anilines is 1. The molecule has 2 aromatic heterocycles. The molecular weight excluding hydrogens is 287 g/mol. The molecule has 0 bridgehead atoms. The minimum Gasteiger partial charge on any atom is -0.467 e. The van der Waals surface area contributed by atoms with Gasteiger partial charge in [0.1, 0.15) is 5.56 Å². The second-order valence-electron chi connectivity index (χ2n) is 3.96. The van der Waals surface area contributed by atoms with Gasteiger partial charge in [0.25, 0.3) is 5.91 Å². The highest BCUT2D eigenvalue weighted by atomic mass is 19.4. The van der Waals surface area contributed by atoms with Crippen LogP contribution in [-0.4, -0.2) is 28.7 Å². The molecule has 2 heterocycles. The topological polar surface area (TPSA) is 64.1 Å². The van der Waals surface area contributed by atoms with Gasteiger partial charge >= 0.3 is 6.18 Å². The van der Waals surface area contributed by atoms with Crippen molar-refractivity contribution in [3.63, 3.8) is 0 Å². The first-order chi connectivity index (χ1) is 9.96. The predicted octanol–water partition coefficient (Wildman–Crippen LogP) is 2.67. The van der Waals surface area contributed by atoms with Crippen molar-refractivity contribution in [2.75, 3.05) is 11.9 Å². The molecule has 0 fully saturated rings. The maximum absolute atomic E-state index is 12.2. The quantitative estimate of drug-likeness (QED) is 0.942. The summed E-state index contributed by atoms with van der Waals surface area (Å²) in [7, 11) is 0. The fourth-order valence-electron chi connectivity index (χ4n) is 1.46. The molecule has 0 atom stereocenters. The predicted molar refractivity (Wildman–Crippen MR) is 68.0 cm³/mol. The van der Waals surface area contributed by atoms with E-state index in [0.29, 0.717) is 5.69 Å². The van der Waals surface area contributed by atoms with Gasteiger partial charge in [-0.25, -0.2) is 4.98 Å². The second kappa shape index (κ2) is 6.21.